The zero-order valence-corrected chi connectivity index (χ0v) is 9.52. The SMILES string of the molecule is NC1CCc2nc(C3CCCNC3)nn2C1. The van der Waals surface area contributed by atoms with Gasteiger partial charge in [0.15, 0.2) is 5.82 Å². The molecule has 2 aliphatic rings. The van der Waals surface area contributed by atoms with Crippen molar-refractivity contribution in [3.05, 3.63) is 11.6 Å². The Balaban J connectivity index is 1.80. The maximum Gasteiger partial charge on any atom is 0.155 e. The van der Waals surface area contributed by atoms with E-state index >= 15 is 0 Å². The highest BCUT2D eigenvalue weighted by atomic mass is 15.4. The second-order valence-corrected chi connectivity index (χ2v) is 4.91. The van der Waals surface area contributed by atoms with E-state index in [1.54, 1.807) is 0 Å². The lowest BCUT2D eigenvalue weighted by Gasteiger charge is -2.19. The van der Waals surface area contributed by atoms with Gasteiger partial charge < -0.3 is 11.1 Å². The van der Waals surface area contributed by atoms with Gasteiger partial charge in [-0.2, -0.15) is 5.10 Å². The maximum atomic E-state index is 5.94. The van der Waals surface area contributed by atoms with Crippen LogP contribution in [0.25, 0.3) is 0 Å². The van der Waals surface area contributed by atoms with Gasteiger partial charge in [0.05, 0.1) is 6.54 Å². The van der Waals surface area contributed by atoms with Crippen molar-refractivity contribution in [1.82, 2.24) is 20.1 Å². The molecule has 3 N–H and O–H groups in total. The molecule has 5 nitrogen and oxygen atoms in total. The second kappa shape index (κ2) is 4.14. The Morgan fingerprint density at radius 2 is 2.31 bits per heavy atom. The van der Waals surface area contributed by atoms with E-state index in [1.807, 2.05) is 4.68 Å². The number of aromatic nitrogens is 3. The lowest BCUT2D eigenvalue weighted by Crippen LogP contribution is -2.32. The van der Waals surface area contributed by atoms with E-state index in [0.29, 0.717) is 5.92 Å². The summed E-state index contributed by atoms with van der Waals surface area (Å²) in [6.07, 6.45) is 4.46. The number of nitrogens with zero attached hydrogens (tertiary/aromatic N) is 3. The van der Waals surface area contributed by atoms with E-state index in [1.165, 1.54) is 12.8 Å². The highest BCUT2D eigenvalue weighted by Crippen LogP contribution is 2.22. The maximum absolute atomic E-state index is 5.94. The molecule has 5 heteroatoms. The van der Waals surface area contributed by atoms with Gasteiger partial charge in [-0.3, -0.25) is 0 Å². The standard InChI is InChI=1S/C11H19N5/c12-9-3-4-10-14-11(15-16(10)7-9)8-2-1-5-13-6-8/h8-9,13H,1-7,12H2. The number of fused-ring (bicyclic) bond motifs is 1. The summed E-state index contributed by atoms with van der Waals surface area (Å²) in [5.41, 5.74) is 5.94. The highest BCUT2D eigenvalue weighted by Gasteiger charge is 2.24. The molecular weight excluding hydrogens is 202 g/mol. The molecule has 0 radical (unpaired) electrons. The molecule has 0 spiro atoms. The first-order chi connectivity index (χ1) is 7.83. The van der Waals surface area contributed by atoms with Gasteiger partial charge in [-0.05, 0) is 25.8 Å². The van der Waals surface area contributed by atoms with Gasteiger partial charge >= 0.3 is 0 Å². The molecule has 3 heterocycles. The molecule has 2 unspecified atom stereocenters. The van der Waals surface area contributed by atoms with Crippen LogP contribution in [0.3, 0.4) is 0 Å². The lowest BCUT2D eigenvalue weighted by atomic mass is 9.99. The van der Waals surface area contributed by atoms with Crippen LogP contribution in [0.1, 0.15) is 36.8 Å². The summed E-state index contributed by atoms with van der Waals surface area (Å²) in [5, 5.41) is 8.02. The van der Waals surface area contributed by atoms with Crippen molar-refractivity contribution in [2.75, 3.05) is 13.1 Å². The molecule has 0 bridgehead atoms. The Kier molecular flexibility index (Phi) is 2.65. The topological polar surface area (TPSA) is 68.8 Å². The predicted octanol–water partition coefficient (Wildman–Crippen LogP) is 0.0186. The minimum Gasteiger partial charge on any atom is -0.326 e. The monoisotopic (exact) mass is 221 g/mol. The Hall–Kier alpha value is -0.940. The molecule has 1 fully saturated rings. The fourth-order valence-electron chi connectivity index (χ4n) is 2.60. The molecule has 1 saturated heterocycles. The van der Waals surface area contributed by atoms with Gasteiger partial charge in [0.25, 0.3) is 0 Å². The Morgan fingerprint density at radius 1 is 1.38 bits per heavy atom. The molecule has 0 aromatic carbocycles. The van der Waals surface area contributed by atoms with Crippen LogP contribution in [0.5, 0.6) is 0 Å². The van der Waals surface area contributed by atoms with Crippen LogP contribution >= 0.6 is 0 Å². The third-order valence-corrected chi connectivity index (χ3v) is 3.57. The van der Waals surface area contributed by atoms with Gasteiger partial charge in [0.2, 0.25) is 0 Å². The molecule has 88 valence electrons. The van der Waals surface area contributed by atoms with E-state index in [-0.39, 0.29) is 6.04 Å². The third kappa shape index (κ3) is 1.85. The van der Waals surface area contributed by atoms with Gasteiger partial charge in [-0.1, -0.05) is 0 Å². The zero-order chi connectivity index (χ0) is 11.0. The minimum absolute atomic E-state index is 0.256. The Labute approximate surface area is 95.4 Å². The molecule has 0 aliphatic carbocycles. The van der Waals surface area contributed by atoms with Crippen LogP contribution in [0, 0.1) is 0 Å². The second-order valence-electron chi connectivity index (χ2n) is 4.91. The van der Waals surface area contributed by atoms with Gasteiger partial charge in [-0.25, -0.2) is 9.67 Å². The first-order valence-electron chi connectivity index (χ1n) is 6.23. The van der Waals surface area contributed by atoms with Crippen molar-refractivity contribution in [1.29, 1.82) is 0 Å². The van der Waals surface area contributed by atoms with Gasteiger partial charge in [0.1, 0.15) is 5.82 Å². The average Bonchev–Trinajstić information content (AvgIpc) is 2.73. The van der Waals surface area contributed by atoms with Crippen molar-refractivity contribution in [3.8, 4) is 0 Å². The smallest absolute Gasteiger partial charge is 0.155 e. The summed E-state index contributed by atoms with van der Waals surface area (Å²) in [4.78, 5) is 4.67. The van der Waals surface area contributed by atoms with Crippen LogP contribution in [-0.4, -0.2) is 33.9 Å². The average molecular weight is 221 g/mol. The fraction of sp³-hybridized carbons (Fsp3) is 0.818. The van der Waals surface area contributed by atoms with Crippen molar-refractivity contribution in [2.24, 2.45) is 5.73 Å². The predicted molar refractivity (Wildman–Crippen MR) is 61.2 cm³/mol. The van der Waals surface area contributed by atoms with E-state index in [0.717, 1.165) is 44.1 Å². The molecule has 1 aromatic rings. The normalized spacial score (nSPS) is 30.1. The largest absolute Gasteiger partial charge is 0.326 e. The van der Waals surface area contributed by atoms with Crippen molar-refractivity contribution >= 4 is 0 Å². The lowest BCUT2D eigenvalue weighted by molar-refractivity contribution is 0.413. The van der Waals surface area contributed by atoms with E-state index in [9.17, 15) is 0 Å². The summed E-state index contributed by atoms with van der Waals surface area (Å²) in [6, 6.07) is 0.256. The van der Waals surface area contributed by atoms with E-state index in [2.05, 4.69) is 15.4 Å². The molecule has 16 heavy (non-hydrogen) atoms. The molecule has 3 rings (SSSR count). The van der Waals surface area contributed by atoms with Crippen molar-refractivity contribution < 1.29 is 0 Å². The van der Waals surface area contributed by atoms with E-state index in [4.69, 9.17) is 5.73 Å². The molecule has 1 aromatic heterocycles. The fourth-order valence-corrected chi connectivity index (χ4v) is 2.60. The van der Waals surface area contributed by atoms with Crippen LogP contribution in [-0.2, 0) is 13.0 Å². The first kappa shape index (κ1) is 10.2. The summed E-state index contributed by atoms with van der Waals surface area (Å²) < 4.78 is 2.01. The zero-order valence-electron chi connectivity index (χ0n) is 9.52. The van der Waals surface area contributed by atoms with Gasteiger partial charge in [0, 0.05) is 24.9 Å². The van der Waals surface area contributed by atoms with Crippen molar-refractivity contribution in [2.45, 2.75) is 44.2 Å². The molecule has 0 amide bonds. The number of hydrogen-bond acceptors (Lipinski definition) is 4. The summed E-state index contributed by atoms with van der Waals surface area (Å²) in [5.74, 6) is 2.65. The quantitative estimate of drug-likeness (QED) is 0.701. The van der Waals surface area contributed by atoms with Gasteiger partial charge in [-0.15, -0.1) is 0 Å². The summed E-state index contributed by atoms with van der Waals surface area (Å²) in [7, 11) is 0. The third-order valence-electron chi connectivity index (χ3n) is 3.57. The molecule has 2 aliphatic heterocycles. The summed E-state index contributed by atoms with van der Waals surface area (Å²) >= 11 is 0. The van der Waals surface area contributed by atoms with Crippen LogP contribution in [0.4, 0.5) is 0 Å². The first-order valence-corrected chi connectivity index (χ1v) is 6.23. The number of nitrogens with two attached hydrogens (primary N) is 1. The van der Waals surface area contributed by atoms with Crippen LogP contribution in [0.2, 0.25) is 0 Å². The van der Waals surface area contributed by atoms with E-state index < -0.39 is 0 Å². The van der Waals surface area contributed by atoms with Crippen molar-refractivity contribution in [3.63, 3.8) is 0 Å². The number of nitrogens with one attached hydrogen (secondary N) is 1. The highest BCUT2D eigenvalue weighted by molar-refractivity contribution is 5.04. The Bertz CT molecular complexity index is 366. The molecule has 0 saturated carbocycles. The minimum atomic E-state index is 0.256. The molecule has 2 atom stereocenters. The van der Waals surface area contributed by atoms with Crippen LogP contribution in [0.15, 0.2) is 0 Å². The number of aryl methyl sites for hydroxylation is 1. The summed E-state index contributed by atoms with van der Waals surface area (Å²) in [6.45, 7) is 2.99. The van der Waals surface area contributed by atoms with Crippen LogP contribution < -0.4 is 11.1 Å². The Morgan fingerprint density at radius 3 is 3.12 bits per heavy atom. The number of hydrogen-bond donors (Lipinski definition) is 2. The number of rotatable bonds is 1. The number of piperidine rings is 1. The molecular formula is C11H19N5.